The second-order valence-electron chi connectivity index (χ2n) is 6.78. The molecular formula is C24H26N2O6. The summed E-state index contributed by atoms with van der Waals surface area (Å²) >= 11 is 0. The van der Waals surface area contributed by atoms with Gasteiger partial charge in [-0.15, -0.1) is 0 Å². The number of carboxylic acids is 1. The number of carboxylic acid groups (broad SMARTS) is 1. The molecule has 2 aromatic rings. The Morgan fingerprint density at radius 1 is 1.09 bits per heavy atom. The van der Waals surface area contributed by atoms with Crippen LogP contribution in [0.15, 0.2) is 48.5 Å². The zero-order valence-electron chi connectivity index (χ0n) is 18.1. The van der Waals surface area contributed by atoms with Gasteiger partial charge in [-0.3, -0.25) is 9.59 Å². The van der Waals surface area contributed by atoms with Crippen molar-refractivity contribution in [2.45, 2.75) is 26.2 Å². The summed E-state index contributed by atoms with van der Waals surface area (Å²) in [4.78, 5) is 24.5. The molecule has 0 saturated heterocycles. The van der Waals surface area contributed by atoms with Gasteiger partial charge in [0, 0.05) is 12.3 Å². The molecule has 0 saturated carbocycles. The molecule has 0 heterocycles. The highest BCUT2D eigenvalue weighted by atomic mass is 16.5. The Balaban J connectivity index is 0.000000323. The van der Waals surface area contributed by atoms with Crippen molar-refractivity contribution in [3.8, 4) is 17.6 Å². The van der Waals surface area contributed by atoms with Gasteiger partial charge in [0.1, 0.15) is 11.5 Å². The van der Waals surface area contributed by atoms with Crippen LogP contribution in [-0.2, 0) is 14.3 Å². The van der Waals surface area contributed by atoms with Crippen LogP contribution in [0, 0.1) is 23.8 Å². The maximum Gasteiger partial charge on any atom is 0.305 e. The van der Waals surface area contributed by atoms with E-state index in [1.165, 1.54) is 7.11 Å². The minimum absolute atomic E-state index is 0.0955. The van der Waals surface area contributed by atoms with Crippen LogP contribution >= 0.6 is 0 Å². The smallest absolute Gasteiger partial charge is 0.305 e. The number of carbonyl (C=O) groups excluding carboxylic acids is 1. The summed E-state index contributed by atoms with van der Waals surface area (Å²) in [5.74, 6) is 0.398. The summed E-state index contributed by atoms with van der Waals surface area (Å²) in [6.45, 7) is 9.49. The first kappa shape index (κ1) is 26.0. The average Bonchev–Trinajstić information content (AvgIpc) is 2.81. The Labute approximate surface area is 187 Å². The lowest BCUT2D eigenvalue weighted by atomic mass is 10.1. The van der Waals surface area contributed by atoms with Gasteiger partial charge in [-0.25, -0.2) is 4.85 Å². The van der Waals surface area contributed by atoms with Gasteiger partial charge in [-0.2, -0.15) is 5.26 Å². The molecule has 32 heavy (non-hydrogen) atoms. The topological polar surface area (TPSA) is 110 Å². The summed E-state index contributed by atoms with van der Waals surface area (Å²) in [6, 6.07) is 15.6. The number of hydrogen-bond acceptors (Lipinski definition) is 6. The molecule has 0 bridgehead atoms. The number of nitrogens with zero attached hydrogens (tertiary/aromatic N) is 2. The lowest BCUT2D eigenvalue weighted by Gasteiger charge is -2.11. The SMILES string of the molecule is COC(=O)CC(C)COc1ccc(C#N)cc1.[C-]#[N+]c1ccc(OCCCC(=O)O)cc1. The third-order valence-corrected chi connectivity index (χ3v) is 4.03. The third-order valence-electron chi connectivity index (χ3n) is 4.03. The molecule has 8 heteroatoms. The van der Waals surface area contributed by atoms with E-state index in [4.69, 9.17) is 26.4 Å². The van der Waals surface area contributed by atoms with Crippen molar-refractivity contribution >= 4 is 17.6 Å². The number of benzene rings is 2. The van der Waals surface area contributed by atoms with Crippen LogP contribution in [0.25, 0.3) is 4.85 Å². The molecule has 0 spiro atoms. The summed E-state index contributed by atoms with van der Waals surface area (Å²) < 4.78 is 15.4. The largest absolute Gasteiger partial charge is 0.494 e. The number of hydrogen-bond donors (Lipinski definition) is 1. The summed E-state index contributed by atoms with van der Waals surface area (Å²) in [5.41, 5.74) is 1.16. The fourth-order valence-corrected chi connectivity index (χ4v) is 2.32. The van der Waals surface area contributed by atoms with Crippen molar-refractivity contribution in [3.63, 3.8) is 0 Å². The van der Waals surface area contributed by atoms with E-state index in [0.717, 1.165) is 0 Å². The standard InChI is InChI=1S/C13H15NO3.C11H11NO3/c1-10(7-13(15)16-2)9-17-12-5-3-11(8-14)4-6-12;1-12-9-4-6-10(7-5-9)15-8-2-3-11(13)14/h3-6,10H,7,9H2,1-2H3;4-7H,2-3,8H2,(H,13,14). The predicted octanol–water partition coefficient (Wildman–Crippen LogP) is 4.62. The number of ether oxygens (including phenoxy) is 3. The number of aliphatic carboxylic acids is 1. The molecule has 2 rings (SSSR count). The molecule has 0 aliphatic carbocycles. The molecule has 0 amide bonds. The van der Waals surface area contributed by atoms with Crippen molar-refractivity contribution in [1.29, 1.82) is 5.26 Å². The number of esters is 1. The molecule has 0 aliphatic rings. The van der Waals surface area contributed by atoms with Crippen LogP contribution in [0.5, 0.6) is 11.5 Å². The second-order valence-corrected chi connectivity index (χ2v) is 6.78. The van der Waals surface area contributed by atoms with E-state index in [2.05, 4.69) is 9.58 Å². The van der Waals surface area contributed by atoms with Gasteiger partial charge in [0.25, 0.3) is 0 Å². The molecule has 2 aromatic carbocycles. The van der Waals surface area contributed by atoms with Crippen LogP contribution in [0.1, 0.15) is 31.7 Å². The van der Waals surface area contributed by atoms with Crippen LogP contribution < -0.4 is 9.47 Å². The van der Waals surface area contributed by atoms with Gasteiger partial charge in [0.15, 0.2) is 5.69 Å². The molecule has 0 aliphatic heterocycles. The highest BCUT2D eigenvalue weighted by Gasteiger charge is 2.09. The Bertz CT molecular complexity index is 927. The number of methoxy groups -OCH3 is 1. The van der Waals surface area contributed by atoms with Crippen molar-refractivity contribution in [2.24, 2.45) is 5.92 Å². The first-order valence-corrected chi connectivity index (χ1v) is 9.89. The van der Waals surface area contributed by atoms with E-state index < -0.39 is 5.97 Å². The van der Waals surface area contributed by atoms with Crippen molar-refractivity contribution < 1.29 is 28.9 Å². The van der Waals surface area contributed by atoms with Crippen LogP contribution in [-0.4, -0.2) is 37.4 Å². The molecule has 0 fully saturated rings. The summed E-state index contributed by atoms with van der Waals surface area (Å²) in [7, 11) is 1.37. The predicted molar refractivity (Wildman–Crippen MR) is 118 cm³/mol. The monoisotopic (exact) mass is 438 g/mol. The first-order chi connectivity index (χ1) is 15.4. The van der Waals surface area contributed by atoms with E-state index in [1.54, 1.807) is 48.5 Å². The van der Waals surface area contributed by atoms with Crippen molar-refractivity contribution in [2.75, 3.05) is 20.3 Å². The van der Waals surface area contributed by atoms with E-state index in [1.807, 2.05) is 13.0 Å². The van der Waals surface area contributed by atoms with Gasteiger partial charge in [0.2, 0.25) is 0 Å². The van der Waals surface area contributed by atoms with Gasteiger partial charge in [-0.1, -0.05) is 19.1 Å². The molecule has 168 valence electrons. The van der Waals surface area contributed by atoms with Gasteiger partial charge >= 0.3 is 11.9 Å². The maximum atomic E-state index is 11.0. The highest BCUT2D eigenvalue weighted by molar-refractivity contribution is 5.69. The van der Waals surface area contributed by atoms with Crippen molar-refractivity contribution in [3.05, 3.63) is 65.5 Å². The Morgan fingerprint density at radius 2 is 1.69 bits per heavy atom. The molecular weight excluding hydrogens is 412 g/mol. The lowest BCUT2D eigenvalue weighted by Crippen LogP contribution is -2.14. The van der Waals surface area contributed by atoms with Gasteiger partial charge in [-0.05, 0) is 42.8 Å². The third kappa shape index (κ3) is 11.2. The Kier molecular flexibility index (Phi) is 12.1. The zero-order valence-corrected chi connectivity index (χ0v) is 18.1. The number of nitriles is 1. The van der Waals surface area contributed by atoms with Crippen molar-refractivity contribution in [1.82, 2.24) is 0 Å². The Morgan fingerprint density at radius 3 is 2.22 bits per heavy atom. The minimum Gasteiger partial charge on any atom is -0.494 e. The van der Waals surface area contributed by atoms with E-state index in [9.17, 15) is 9.59 Å². The summed E-state index contributed by atoms with van der Waals surface area (Å²) in [6.07, 6.45) is 0.937. The van der Waals surface area contributed by atoms with Gasteiger partial charge < -0.3 is 19.3 Å². The molecule has 0 radical (unpaired) electrons. The molecule has 1 unspecified atom stereocenters. The van der Waals surface area contributed by atoms with Crippen LogP contribution in [0.2, 0.25) is 0 Å². The van der Waals surface area contributed by atoms with Gasteiger partial charge in [0.05, 0.1) is 44.9 Å². The average molecular weight is 438 g/mol. The summed E-state index contributed by atoms with van der Waals surface area (Å²) in [5, 5.41) is 17.0. The van der Waals surface area contributed by atoms with E-state index in [0.29, 0.717) is 48.8 Å². The lowest BCUT2D eigenvalue weighted by molar-refractivity contribution is -0.142. The fraction of sp³-hybridized carbons (Fsp3) is 0.333. The molecule has 0 aromatic heterocycles. The normalized spacial score (nSPS) is 10.4. The number of rotatable bonds is 10. The van der Waals surface area contributed by atoms with E-state index in [-0.39, 0.29) is 18.3 Å². The van der Waals surface area contributed by atoms with Crippen LogP contribution in [0.3, 0.4) is 0 Å². The molecule has 1 atom stereocenters. The highest BCUT2D eigenvalue weighted by Crippen LogP contribution is 2.18. The number of carbonyl (C=O) groups is 2. The van der Waals surface area contributed by atoms with E-state index >= 15 is 0 Å². The minimum atomic E-state index is -0.818. The Hall–Kier alpha value is -4.04. The molecule has 1 N–H and O–H groups in total. The zero-order chi connectivity index (χ0) is 23.8. The quantitative estimate of drug-likeness (QED) is 0.327. The maximum absolute atomic E-state index is 11.0. The molecule has 8 nitrogen and oxygen atoms in total. The second kappa shape index (κ2) is 14.9. The fourth-order valence-electron chi connectivity index (χ4n) is 2.32. The van der Waals surface area contributed by atoms with Crippen LogP contribution in [0.4, 0.5) is 5.69 Å². The first-order valence-electron chi connectivity index (χ1n) is 9.89.